The second-order valence-corrected chi connectivity index (χ2v) is 5.54. The van der Waals surface area contributed by atoms with Gasteiger partial charge in [-0.2, -0.15) is 0 Å². The quantitative estimate of drug-likeness (QED) is 0.863. The van der Waals surface area contributed by atoms with Gasteiger partial charge in [-0.05, 0) is 19.8 Å². The second-order valence-electron chi connectivity index (χ2n) is 5.54. The van der Waals surface area contributed by atoms with E-state index in [4.69, 9.17) is 4.74 Å². The maximum absolute atomic E-state index is 11.9. The molecule has 1 unspecified atom stereocenters. The highest BCUT2D eigenvalue weighted by Crippen LogP contribution is 2.44. The Morgan fingerprint density at radius 3 is 2.50 bits per heavy atom. The number of nitrogens with zero attached hydrogens (tertiary/aromatic N) is 1. The molecule has 1 saturated heterocycles. The number of hydrogen-bond acceptors (Lipinski definition) is 4. The molecule has 0 spiro atoms. The summed E-state index contributed by atoms with van der Waals surface area (Å²) in [7, 11) is 0. The molecule has 3 atom stereocenters. The number of hydrogen-bond donors (Lipinski definition) is 2. The van der Waals surface area contributed by atoms with Gasteiger partial charge in [-0.15, -0.1) is 0 Å². The van der Waals surface area contributed by atoms with Gasteiger partial charge in [-0.25, -0.2) is 4.79 Å². The predicted octanol–water partition coefficient (Wildman–Crippen LogP) is 0.930. The number of aliphatic hydroxyl groups excluding tert-OH is 1. The van der Waals surface area contributed by atoms with Crippen LogP contribution in [0.15, 0.2) is 15.8 Å². The highest BCUT2D eigenvalue weighted by atomic mass is 16.5. The van der Waals surface area contributed by atoms with E-state index in [0.717, 1.165) is 12.8 Å². The molecule has 1 aliphatic rings. The van der Waals surface area contributed by atoms with E-state index in [9.17, 15) is 14.7 Å². The molecule has 0 amide bonds. The first kappa shape index (κ1) is 15.0. The maximum Gasteiger partial charge on any atom is 0.330 e. The highest BCUT2D eigenvalue weighted by molar-refractivity contribution is 5.04. The smallest absolute Gasteiger partial charge is 0.330 e. The van der Waals surface area contributed by atoms with E-state index in [0.29, 0.717) is 5.56 Å². The minimum absolute atomic E-state index is 0.0818. The number of H-pyrrole nitrogens is 1. The third-order valence-electron chi connectivity index (χ3n) is 4.61. The van der Waals surface area contributed by atoms with Crippen molar-refractivity contribution in [3.05, 3.63) is 32.6 Å². The van der Waals surface area contributed by atoms with Crippen molar-refractivity contribution >= 4 is 0 Å². The zero-order valence-electron chi connectivity index (χ0n) is 12.3. The van der Waals surface area contributed by atoms with Gasteiger partial charge in [0.15, 0.2) is 6.23 Å². The summed E-state index contributed by atoms with van der Waals surface area (Å²) in [5.41, 5.74) is -0.990. The summed E-state index contributed by atoms with van der Waals surface area (Å²) in [5.74, 6) is -0.0818. The van der Waals surface area contributed by atoms with Crippen LogP contribution < -0.4 is 11.2 Å². The van der Waals surface area contributed by atoms with Gasteiger partial charge < -0.3 is 9.84 Å². The molecule has 0 bridgehead atoms. The van der Waals surface area contributed by atoms with E-state index in [1.54, 1.807) is 6.92 Å². The van der Waals surface area contributed by atoms with Crippen molar-refractivity contribution in [2.24, 2.45) is 5.92 Å². The maximum atomic E-state index is 11.9. The Hall–Kier alpha value is -1.40. The van der Waals surface area contributed by atoms with E-state index in [1.807, 2.05) is 20.8 Å². The van der Waals surface area contributed by atoms with Crippen LogP contribution in [0.5, 0.6) is 0 Å². The molecule has 0 radical (unpaired) electrons. The summed E-state index contributed by atoms with van der Waals surface area (Å²) < 4.78 is 7.31. The Bertz CT molecular complexity index is 600. The number of aromatic nitrogens is 2. The van der Waals surface area contributed by atoms with Crippen LogP contribution in [-0.4, -0.2) is 26.4 Å². The van der Waals surface area contributed by atoms with Gasteiger partial charge in [0.2, 0.25) is 0 Å². The molecule has 20 heavy (non-hydrogen) atoms. The van der Waals surface area contributed by atoms with Gasteiger partial charge in [-0.1, -0.05) is 20.8 Å². The van der Waals surface area contributed by atoms with Crippen LogP contribution in [0, 0.1) is 12.8 Å². The fourth-order valence-corrected chi connectivity index (χ4v) is 3.03. The van der Waals surface area contributed by atoms with Gasteiger partial charge in [-0.3, -0.25) is 14.3 Å². The summed E-state index contributed by atoms with van der Waals surface area (Å²) in [6.45, 7) is 7.57. The van der Waals surface area contributed by atoms with Gasteiger partial charge in [0.1, 0.15) is 6.10 Å². The van der Waals surface area contributed by atoms with Crippen LogP contribution in [0.3, 0.4) is 0 Å². The summed E-state index contributed by atoms with van der Waals surface area (Å²) >= 11 is 0. The standard InChI is InChI=1S/C14H22N2O4/c1-5-14(6-2)9(4)10(17)12(20-14)16-7-8(3)11(18)15-13(16)19/h7,9-10,12,17H,5-6H2,1-4H3,(H,15,18,19)/t9?,10-,12+/m0/s1. The number of aliphatic hydroxyl groups is 1. The van der Waals surface area contributed by atoms with E-state index in [2.05, 4.69) is 4.98 Å². The molecular weight excluding hydrogens is 260 g/mol. The van der Waals surface area contributed by atoms with Gasteiger partial charge >= 0.3 is 5.69 Å². The van der Waals surface area contributed by atoms with Gasteiger partial charge in [0.25, 0.3) is 5.56 Å². The lowest BCUT2D eigenvalue weighted by molar-refractivity contribution is -0.0981. The molecule has 2 N–H and O–H groups in total. The van der Waals surface area contributed by atoms with Gasteiger partial charge in [0, 0.05) is 17.7 Å². The molecular formula is C14H22N2O4. The molecule has 0 saturated carbocycles. The number of aryl methyl sites for hydroxylation is 1. The first-order chi connectivity index (χ1) is 9.36. The predicted molar refractivity (Wildman–Crippen MR) is 74.7 cm³/mol. The molecule has 0 aliphatic carbocycles. The SMILES string of the molecule is CCC1(CC)O[C@@H](n2cc(C)c(=O)[nH]c2=O)[C@@H](O)C1C. The lowest BCUT2D eigenvalue weighted by Gasteiger charge is -2.30. The van der Waals surface area contributed by atoms with Crippen molar-refractivity contribution in [2.45, 2.75) is 58.5 Å². The average Bonchev–Trinajstić information content (AvgIpc) is 2.68. The molecule has 1 fully saturated rings. The lowest BCUT2D eigenvalue weighted by atomic mass is 9.83. The molecule has 2 rings (SSSR count). The summed E-state index contributed by atoms with van der Waals surface area (Å²) in [6, 6.07) is 0. The lowest BCUT2D eigenvalue weighted by Crippen LogP contribution is -2.37. The Morgan fingerprint density at radius 2 is 2.00 bits per heavy atom. The third-order valence-corrected chi connectivity index (χ3v) is 4.61. The van der Waals surface area contributed by atoms with E-state index in [-0.39, 0.29) is 5.92 Å². The molecule has 6 nitrogen and oxygen atoms in total. The second kappa shape index (κ2) is 5.18. The van der Waals surface area contributed by atoms with Gasteiger partial charge in [0.05, 0.1) is 5.60 Å². The zero-order valence-corrected chi connectivity index (χ0v) is 12.3. The molecule has 6 heteroatoms. The fourth-order valence-electron chi connectivity index (χ4n) is 3.03. The average molecular weight is 282 g/mol. The van der Waals surface area contributed by atoms with E-state index >= 15 is 0 Å². The van der Waals surface area contributed by atoms with E-state index < -0.39 is 29.2 Å². The van der Waals surface area contributed by atoms with Crippen molar-refractivity contribution in [2.75, 3.05) is 0 Å². The Labute approximate surface area is 117 Å². The minimum Gasteiger partial charge on any atom is -0.388 e. The van der Waals surface area contributed by atoms with Crippen molar-refractivity contribution in [3.8, 4) is 0 Å². The fraction of sp³-hybridized carbons (Fsp3) is 0.714. The molecule has 1 aliphatic heterocycles. The van der Waals surface area contributed by atoms with Crippen molar-refractivity contribution in [3.63, 3.8) is 0 Å². The van der Waals surface area contributed by atoms with Crippen LogP contribution in [0.2, 0.25) is 0 Å². The van der Waals surface area contributed by atoms with Crippen LogP contribution in [0.1, 0.15) is 45.4 Å². The number of nitrogens with one attached hydrogen (secondary N) is 1. The zero-order chi connectivity index (χ0) is 15.1. The van der Waals surface area contributed by atoms with E-state index in [1.165, 1.54) is 10.8 Å². The van der Waals surface area contributed by atoms with Crippen LogP contribution in [0.4, 0.5) is 0 Å². The monoisotopic (exact) mass is 282 g/mol. The highest BCUT2D eigenvalue weighted by Gasteiger charge is 2.50. The van der Waals surface area contributed by atoms with Crippen LogP contribution >= 0.6 is 0 Å². The molecule has 1 aromatic heterocycles. The number of aromatic amines is 1. The largest absolute Gasteiger partial charge is 0.388 e. The van der Waals surface area contributed by atoms with Crippen molar-refractivity contribution < 1.29 is 9.84 Å². The number of rotatable bonds is 3. The molecule has 1 aromatic rings. The summed E-state index contributed by atoms with van der Waals surface area (Å²) in [4.78, 5) is 25.6. The summed E-state index contributed by atoms with van der Waals surface area (Å²) in [5, 5.41) is 10.4. The first-order valence-corrected chi connectivity index (χ1v) is 7.04. The van der Waals surface area contributed by atoms with Crippen LogP contribution in [-0.2, 0) is 4.74 Å². The Kier molecular flexibility index (Phi) is 3.88. The number of ether oxygens (including phenoxy) is 1. The van der Waals surface area contributed by atoms with Crippen molar-refractivity contribution in [1.29, 1.82) is 0 Å². The normalized spacial score (nSPS) is 28.8. The summed E-state index contributed by atoms with van der Waals surface area (Å²) in [6.07, 6.45) is 1.43. The topological polar surface area (TPSA) is 84.3 Å². The molecule has 0 aromatic carbocycles. The van der Waals surface area contributed by atoms with Crippen LogP contribution in [0.25, 0.3) is 0 Å². The third kappa shape index (κ3) is 2.13. The molecule has 112 valence electrons. The molecule has 2 heterocycles. The Balaban J connectivity index is 2.47. The Morgan fingerprint density at radius 1 is 1.40 bits per heavy atom. The first-order valence-electron chi connectivity index (χ1n) is 7.04. The minimum atomic E-state index is -0.780. The van der Waals surface area contributed by atoms with Crippen molar-refractivity contribution in [1.82, 2.24) is 9.55 Å².